The minimum absolute atomic E-state index is 0.221. The third-order valence-electron chi connectivity index (χ3n) is 3.43. The SMILES string of the molecule is CNCC1CC(OC(=O)Nc2ccccc2C(F)(F)F)C1. The number of hydrogen-bond donors (Lipinski definition) is 2. The molecule has 0 bridgehead atoms. The molecule has 1 aromatic carbocycles. The van der Waals surface area contributed by atoms with E-state index in [-0.39, 0.29) is 11.8 Å². The Bertz CT molecular complexity index is 499. The highest BCUT2D eigenvalue weighted by molar-refractivity contribution is 5.86. The quantitative estimate of drug-likeness (QED) is 0.897. The molecule has 7 heteroatoms. The zero-order valence-corrected chi connectivity index (χ0v) is 11.5. The van der Waals surface area contributed by atoms with Gasteiger partial charge < -0.3 is 10.1 Å². The van der Waals surface area contributed by atoms with E-state index in [1.54, 1.807) is 0 Å². The molecule has 2 N–H and O–H groups in total. The molecule has 0 unspecified atom stereocenters. The second-order valence-electron chi connectivity index (χ2n) is 5.09. The third-order valence-corrected chi connectivity index (χ3v) is 3.43. The summed E-state index contributed by atoms with van der Waals surface area (Å²) in [5, 5.41) is 5.19. The molecule has 1 aliphatic rings. The van der Waals surface area contributed by atoms with Crippen molar-refractivity contribution in [3.63, 3.8) is 0 Å². The van der Waals surface area contributed by atoms with Crippen molar-refractivity contribution in [2.45, 2.75) is 25.1 Å². The fraction of sp³-hybridized carbons (Fsp3) is 0.500. The van der Waals surface area contributed by atoms with Gasteiger partial charge in [-0.05, 0) is 44.5 Å². The Hall–Kier alpha value is -1.76. The number of para-hydroxylation sites is 1. The zero-order valence-electron chi connectivity index (χ0n) is 11.5. The van der Waals surface area contributed by atoms with E-state index in [1.165, 1.54) is 18.2 Å². The number of benzene rings is 1. The van der Waals surface area contributed by atoms with E-state index in [0.717, 1.165) is 25.5 Å². The Morgan fingerprint density at radius 3 is 2.62 bits per heavy atom. The highest BCUT2D eigenvalue weighted by Crippen LogP contribution is 2.35. The van der Waals surface area contributed by atoms with E-state index in [1.807, 2.05) is 7.05 Å². The maximum atomic E-state index is 12.8. The van der Waals surface area contributed by atoms with Gasteiger partial charge in [0.15, 0.2) is 0 Å². The number of ether oxygens (including phenoxy) is 1. The van der Waals surface area contributed by atoms with Crippen molar-refractivity contribution in [1.82, 2.24) is 5.32 Å². The van der Waals surface area contributed by atoms with Gasteiger partial charge in [0, 0.05) is 0 Å². The molecule has 0 spiro atoms. The van der Waals surface area contributed by atoms with Gasteiger partial charge in [-0.1, -0.05) is 12.1 Å². The summed E-state index contributed by atoms with van der Waals surface area (Å²) < 4.78 is 43.4. The first-order chi connectivity index (χ1) is 9.90. The summed E-state index contributed by atoms with van der Waals surface area (Å²) in [6.45, 7) is 0.846. The van der Waals surface area contributed by atoms with E-state index in [9.17, 15) is 18.0 Å². The summed E-state index contributed by atoms with van der Waals surface area (Å²) in [5.41, 5.74) is -1.18. The van der Waals surface area contributed by atoms with Gasteiger partial charge in [-0.3, -0.25) is 5.32 Å². The fourth-order valence-corrected chi connectivity index (χ4v) is 2.36. The van der Waals surface area contributed by atoms with E-state index in [0.29, 0.717) is 5.92 Å². The average molecular weight is 302 g/mol. The number of carbonyl (C=O) groups is 1. The molecule has 0 radical (unpaired) electrons. The molecule has 21 heavy (non-hydrogen) atoms. The Balaban J connectivity index is 1.89. The monoisotopic (exact) mass is 302 g/mol. The zero-order chi connectivity index (χ0) is 15.5. The van der Waals surface area contributed by atoms with Crippen LogP contribution in [-0.2, 0) is 10.9 Å². The molecule has 1 fully saturated rings. The number of nitrogens with one attached hydrogen (secondary N) is 2. The molecular weight excluding hydrogens is 285 g/mol. The highest BCUT2D eigenvalue weighted by atomic mass is 19.4. The first kappa shape index (κ1) is 15.6. The lowest BCUT2D eigenvalue weighted by molar-refractivity contribution is -0.136. The first-order valence-corrected chi connectivity index (χ1v) is 6.68. The summed E-state index contributed by atoms with van der Waals surface area (Å²) in [4.78, 5) is 11.6. The minimum Gasteiger partial charge on any atom is -0.446 e. The van der Waals surface area contributed by atoms with Crippen LogP contribution in [0.2, 0.25) is 0 Å². The predicted octanol–water partition coefficient (Wildman–Crippen LogP) is 3.25. The van der Waals surface area contributed by atoms with Gasteiger partial charge in [0.05, 0.1) is 11.3 Å². The van der Waals surface area contributed by atoms with Crippen LogP contribution >= 0.6 is 0 Å². The lowest BCUT2D eigenvalue weighted by Crippen LogP contribution is -2.39. The van der Waals surface area contributed by atoms with Crippen molar-refractivity contribution in [1.29, 1.82) is 0 Å². The maximum Gasteiger partial charge on any atom is 0.418 e. The van der Waals surface area contributed by atoms with Gasteiger partial charge in [-0.25, -0.2) is 4.79 Å². The van der Waals surface area contributed by atoms with Gasteiger partial charge >= 0.3 is 12.3 Å². The van der Waals surface area contributed by atoms with Crippen LogP contribution in [-0.4, -0.2) is 25.8 Å². The Morgan fingerprint density at radius 1 is 1.33 bits per heavy atom. The van der Waals surface area contributed by atoms with Crippen LogP contribution in [0.15, 0.2) is 24.3 Å². The molecule has 4 nitrogen and oxygen atoms in total. The number of carbonyl (C=O) groups excluding carboxylic acids is 1. The van der Waals surface area contributed by atoms with Gasteiger partial charge in [0.25, 0.3) is 0 Å². The molecule has 0 saturated heterocycles. The topological polar surface area (TPSA) is 50.4 Å². The molecular formula is C14H17F3N2O2. The smallest absolute Gasteiger partial charge is 0.418 e. The van der Waals surface area contributed by atoms with Crippen LogP contribution in [0.1, 0.15) is 18.4 Å². The number of halogens is 3. The van der Waals surface area contributed by atoms with Crippen molar-refractivity contribution in [3.05, 3.63) is 29.8 Å². The minimum atomic E-state index is -4.52. The van der Waals surface area contributed by atoms with Crippen molar-refractivity contribution in [2.75, 3.05) is 18.9 Å². The largest absolute Gasteiger partial charge is 0.446 e. The van der Waals surface area contributed by atoms with Crippen molar-refractivity contribution in [3.8, 4) is 0 Å². The van der Waals surface area contributed by atoms with E-state index < -0.39 is 17.8 Å². The second-order valence-corrected chi connectivity index (χ2v) is 5.09. The number of anilines is 1. The Kier molecular flexibility index (Phi) is 4.72. The third kappa shape index (κ3) is 4.10. The van der Waals surface area contributed by atoms with E-state index >= 15 is 0 Å². The Labute approximate surface area is 120 Å². The van der Waals surface area contributed by atoms with Crippen LogP contribution < -0.4 is 10.6 Å². The van der Waals surface area contributed by atoms with Gasteiger partial charge in [0.2, 0.25) is 0 Å². The summed E-state index contributed by atoms with van der Waals surface area (Å²) in [6.07, 6.45) is -4.12. The first-order valence-electron chi connectivity index (χ1n) is 6.68. The lowest BCUT2D eigenvalue weighted by atomic mass is 9.82. The highest BCUT2D eigenvalue weighted by Gasteiger charge is 2.35. The van der Waals surface area contributed by atoms with Crippen LogP contribution in [0.4, 0.5) is 23.7 Å². The van der Waals surface area contributed by atoms with E-state index in [4.69, 9.17) is 4.74 Å². The lowest BCUT2D eigenvalue weighted by Gasteiger charge is -2.34. The molecule has 2 rings (SSSR count). The standard InChI is InChI=1S/C14H17F3N2O2/c1-18-8-9-6-10(7-9)21-13(20)19-12-5-3-2-4-11(12)14(15,16)17/h2-5,9-10,18H,6-8H2,1H3,(H,19,20). The average Bonchev–Trinajstić information content (AvgIpc) is 2.35. The molecule has 1 amide bonds. The van der Waals surface area contributed by atoms with Crippen LogP contribution in [0, 0.1) is 5.92 Å². The predicted molar refractivity (Wildman–Crippen MR) is 72.0 cm³/mol. The molecule has 116 valence electrons. The molecule has 0 heterocycles. The molecule has 1 saturated carbocycles. The number of alkyl halides is 3. The molecule has 0 atom stereocenters. The van der Waals surface area contributed by atoms with E-state index in [2.05, 4.69) is 10.6 Å². The molecule has 0 aromatic heterocycles. The van der Waals surface area contributed by atoms with Crippen LogP contribution in [0.3, 0.4) is 0 Å². The Morgan fingerprint density at radius 2 is 2.00 bits per heavy atom. The number of rotatable bonds is 4. The normalized spacial score (nSPS) is 21.5. The summed E-state index contributed by atoms with van der Waals surface area (Å²) in [6, 6.07) is 4.82. The molecule has 0 aliphatic heterocycles. The fourth-order valence-electron chi connectivity index (χ4n) is 2.36. The van der Waals surface area contributed by atoms with Crippen molar-refractivity contribution < 1.29 is 22.7 Å². The number of amides is 1. The second kappa shape index (κ2) is 6.34. The van der Waals surface area contributed by atoms with Crippen molar-refractivity contribution >= 4 is 11.8 Å². The molecule has 1 aliphatic carbocycles. The number of hydrogen-bond acceptors (Lipinski definition) is 3. The summed E-state index contributed by atoms with van der Waals surface area (Å²) in [5.74, 6) is 0.454. The van der Waals surface area contributed by atoms with Crippen molar-refractivity contribution in [2.24, 2.45) is 5.92 Å². The van der Waals surface area contributed by atoms with Crippen LogP contribution in [0.5, 0.6) is 0 Å². The van der Waals surface area contributed by atoms with Gasteiger partial charge in [-0.2, -0.15) is 13.2 Å². The van der Waals surface area contributed by atoms with Gasteiger partial charge in [-0.15, -0.1) is 0 Å². The van der Waals surface area contributed by atoms with Crippen LogP contribution in [0.25, 0.3) is 0 Å². The molecule has 1 aromatic rings. The summed E-state index contributed by atoms with van der Waals surface area (Å²) >= 11 is 0. The maximum absolute atomic E-state index is 12.8. The summed E-state index contributed by atoms with van der Waals surface area (Å²) in [7, 11) is 1.84. The van der Waals surface area contributed by atoms with Gasteiger partial charge in [0.1, 0.15) is 6.10 Å².